The average molecular weight is 497 g/mol. The van der Waals surface area contributed by atoms with E-state index in [4.69, 9.17) is 0 Å². The monoisotopic (exact) mass is 496 g/mol. The lowest BCUT2D eigenvalue weighted by molar-refractivity contribution is -0.384. The van der Waals surface area contributed by atoms with Gasteiger partial charge < -0.3 is 9.80 Å². The van der Waals surface area contributed by atoms with Crippen LogP contribution in [0.4, 0.5) is 10.1 Å². The van der Waals surface area contributed by atoms with Crippen LogP contribution >= 0.6 is 0 Å². The first kappa shape index (κ1) is 25.8. The third-order valence-electron chi connectivity index (χ3n) is 7.20. The SMILES string of the molecule is O=C(c1cccc([N+](=O)[O-])c1)N1CCN(CCN(Cc2ccc(F)cc2)C(=O)C2CCCCC2)CC1. The molecule has 1 heterocycles. The van der Waals surface area contributed by atoms with Gasteiger partial charge in [-0.15, -0.1) is 0 Å². The van der Waals surface area contributed by atoms with Gasteiger partial charge in [-0.1, -0.05) is 37.5 Å². The summed E-state index contributed by atoms with van der Waals surface area (Å²) in [4.78, 5) is 42.6. The maximum atomic E-state index is 13.4. The highest BCUT2D eigenvalue weighted by Crippen LogP contribution is 2.26. The fourth-order valence-corrected chi connectivity index (χ4v) is 5.06. The molecule has 8 nitrogen and oxygen atoms in total. The molecule has 0 radical (unpaired) electrons. The van der Waals surface area contributed by atoms with Crippen molar-refractivity contribution in [3.63, 3.8) is 0 Å². The molecule has 0 aromatic heterocycles. The number of piperazine rings is 1. The molecule has 2 aromatic carbocycles. The summed E-state index contributed by atoms with van der Waals surface area (Å²) in [7, 11) is 0. The van der Waals surface area contributed by atoms with Crippen LogP contribution in [0.25, 0.3) is 0 Å². The van der Waals surface area contributed by atoms with Crippen LogP contribution in [0.15, 0.2) is 48.5 Å². The van der Waals surface area contributed by atoms with Crippen LogP contribution in [0.3, 0.4) is 0 Å². The predicted octanol–water partition coefficient (Wildman–Crippen LogP) is 4.10. The number of hydrogen-bond donors (Lipinski definition) is 0. The minimum absolute atomic E-state index is 0.0589. The van der Waals surface area contributed by atoms with Crippen molar-refractivity contribution < 1.29 is 18.9 Å². The quantitative estimate of drug-likeness (QED) is 0.406. The second kappa shape index (κ2) is 12.1. The van der Waals surface area contributed by atoms with Gasteiger partial charge in [0.15, 0.2) is 0 Å². The topological polar surface area (TPSA) is 87.0 Å². The number of carbonyl (C=O) groups is 2. The van der Waals surface area contributed by atoms with Gasteiger partial charge in [0, 0.05) is 69.4 Å². The minimum Gasteiger partial charge on any atom is -0.337 e. The predicted molar refractivity (Wildman–Crippen MR) is 134 cm³/mol. The molecule has 1 aliphatic carbocycles. The van der Waals surface area contributed by atoms with E-state index in [1.54, 1.807) is 23.1 Å². The molecule has 1 saturated heterocycles. The molecular weight excluding hydrogens is 463 g/mol. The van der Waals surface area contributed by atoms with E-state index in [1.165, 1.54) is 36.8 Å². The van der Waals surface area contributed by atoms with E-state index in [9.17, 15) is 24.1 Å². The van der Waals surface area contributed by atoms with Gasteiger partial charge in [0.25, 0.3) is 11.6 Å². The lowest BCUT2D eigenvalue weighted by Gasteiger charge is -2.36. The molecule has 0 bridgehead atoms. The van der Waals surface area contributed by atoms with E-state index < -0.39 is 4.92 Å². The Labute approximate surface area is 210 Å². The summed E-state index contributed by atoms with van der Waals surface area (Å²) in [6.07, 6.45) is 5.21. The largest absolute Gasteiger partial charge is 0.337 e. The van der Waals surface area contributed by atoms with E-state index in [1.807, 2.05) is 4.90 Å². The molecule has 9 heteroatoms. The summed E-state index contributed by atoms with van der Waals surface area (Å²) in [6.45, 7) is 4.11. The Hall–Kier alpha value is -3.33. The maximum Gasteiger partial charge on any atom is 0.270 e. The second-order valence-electron chi connectivity index (χ2n) is 9.66. The number of nitrogens with zero attached hydrogens (tertiary/aromatic N) is 4. The molecule has 0 spiro atoms. The highest BCUT2D eigenvalue weighted by atomic mass is 19.1. The third kappa shape index (κ3) is 6.66. The van der Waals surface area contributed by atoms with E-state index >= 15 is 0 Å². The Morgan fingerprint density at radius 3 is 2.36 bits per heavy atom. The van der Waals surface area contributed by atoms with Gasteiger partial charge in [0.05, 0.1) is 4.92 Å². The highest BCUT2D eigenvalue weighted by molar-refractivity contribution is 5.94. The molecule has 36 heavy (non-hydrogen) atoms. The number of carbonyl (C=O) groups excluding carboxylic acids is 2. The first-order valence-corrected chi connectivity index (χ1v) is 12.7. The van der Waals surface area contributed by atoms with Gasteiger partial charge in [-0.3, -0.25) is 24.6 Å². The van der Waals surface area contributed by atoms with Crippen molar-refractivity contribution in [1.82, 2.24) is 14.7 Å². The number of non-ortho nitro benzene ring substituents is 1. The Kier molecular flexibility index (Phi) is 8.64. The van der Waals surface area contributed by atoms with E-state index in [-0.39, 0.29) is 29.2 Å². The number of halogens is 1. The van der Waals surface area contributed by atoms with Crippen LogP contribution in [-0.4, -0.2) is 70.7 Å². The summed E-state index contributed by atoms with van der Waals surface area (Å²) in [5.74, 6) is -0.257. The Balaban J connectivity index is 1.33. The molecule has 2 aliphatic rings. The van der Waals surface area contributed by atoms with Gasteiger partial charge in [0.1, 0.15) is 5.82 Å². The van der Waals surface area contributed by atoms with Crippen LogP contribution < -0.4 is 0 Å². The molecule has 4 rings (SSSR count). The molecule has 1 saturated carbocycles. The van der Waals surface area contributed by atoms with Gasteiger partial charge in [0.2, 0.25) is 5.91 Å². The van der Waals surface area contributed by atoms with Crippen molar-refractivity contribution in [3.05, 3.63) is 75.6 Å². The van der Waals surface area contributed by atoms with Crippen molar-refractivity contribution in [2.45, 2.75) is 38.6 Å². The number of nitro groups is 1. The molecular formula is C27H33FN4O4. The summed E-state index contributed by atoms with van der Waals surface area (Å²) in [5.41, 5.74) is 1.14. The first-order valence-electron chi connectivity index (χ1n) is 12.7. The zero-order chi connectivity index (χ0) is 25.5. The Morgan fingerprint density at radius 1 is 1.00 bits per heavy atom. The lowest BCUT2D eigenvalue weighted by Crippen LogP contribution is -2.51. The third-order valence-corrected chi connectivity index (χ3v) is 7.20. The van der Waals surface area contributed by atoms with Crippen LogP contribution in [0.2, 0.25) is 0 Å². The number of amides is 2. The zero-order valence-corrected chi connectivity index (χ0v) is 20.5. The van der Waals surface area contributed by atoms with Gasteiger partial charge in [-0.05, 0) is 36.6 Å². The second-order valence-corrected chi connectivity index (χ2v) is 9.66. The van der Waals surface area contributed by atoms with Crippen molar-refractivity contribution in [2.24, 2.45) is 5.92 Å². The summed E-state index contributed by atoms with van der Waals surface area (Å²) in [5, 5.41) is 11.0. The fourth-order valence-electron chi connectivity index (χ4n) is 5.06. The smallest absolute Gasteiger partial charge is 0.270 e. The molecule has 2 aromatic rings. The summed E-state index contributed by atoms with van der Waals surface area (Å²) in [6, 6.07) is 12.1. The fraction of sp³-hybridized carbons (Fsp3) is 0.481. The first-order chi connectivity index (χ1) is 17.4. The van der Waals surface area contributed by atoms with Gasteiger partial charge in [-0.25, -0.2) is 4.39 Å². The molecule has 1 aliphatic heterocycles. The Morgan fingerprint density at radius 2 is 1.69 bits per heavy atom. The summed E-state index contributed by atoms with van der Waals surface area (Å²) >= 11 is 0. The molecule has 2 amide bonds. The lowest BCUT2D eigenvalue weighted by atomic mass is 9.88. The van der Waals surface area contributed by atoms with E-state index in [2.05, 4.69) is 4.90 Å². The maximum absolute atomic E-state index is 13.4. The van der Waals surface area contributed by atoms with Gasteiger partial charge in [-0.2, -0.15) is 0 Å². The number of hydrogen-bond acceptors (Lipinski definition) is 5. The van der Waals surface area contributed by atoms with Crippen LogP contribution in [0.1, 0.15) is 48.0 Å². The minimum atomic E-state index is -0.499. The number of benzene rings is 2. The number of nitro benzene ring substituents is 1. The standard InChI is InChI=1S/C27H33FN4O4/c28-24-11-9-21(10-12-24)20-31(26(33)22-5-2-1-3-6-22)18-15-29-13-16-30(17-14-29)27(34)23-7-4-8-25(19-23)32(35)36/h4,7-12,19,22H,1-3,5-6,13-18,20H2. The molecule has 192 valence electrons. The average Bonchev–Trinajstić information content (AvgIpc) is 2.92. The number of rotatable bonds is 8. The van der Waals surface area contributed by atoms with E-state index in [0.29, 0.717) is 51.4 Å². The van der Waals surface area contributed by atoms with Gasteiger partial charge >= 0.3 is 0 Å². The van der Waals surface area contributed by atoms with Crippen molar-refractivity contribution in [1.29, 1.82) is 0 Å². The molecule has 2 fully saturated rings. The molecule has 0 unspecified atom stereocenters. The van der Waals surface area contributed by atoms with Crippen LogP contribution in [0, 0.1) is 21.8 Å². The Bertz CT molecular complexity index is 1060. The van der Waals surface area contributed by atoms with Crippen molar-refractivity contribution in [2.75, 3.05) is 39.3 Å². The highest BCUT2D eigenvalue weighted by Gasteiger charge is 2.28. The summed E-state index contributed by atoms with van der Waals surface area (Å²) < 4.78 is 13.4. The zero-order valence-electron chi connectivity index (χ0n) is 20.5. The van der Waals surface area contributed by atoms with Crippen LogP contribution in [0.5, 0.6) is 0 Å². The normalized spacial score (nSPS) is 17.1. The van der Waals surface area contributed by atoms with Crippen molar-refractivity contribution in [3.8, 4) is 0 Å². The van der Waals surface area contributed by atoms with Crippen LogP contribution in [-0.2, 0) is 11.3 Å². The van der Waals surface area contributed by atoms with E-state index in [0.717, 1.165) is 31.2 Å². The van der Waals surface area contributed by atoms with Crippen molar-refractivity contribution >= 4 is 17.5 Å². The molecule has 0 N–H and O–H groups in total. The molecule has 0 atom stereocenters.